The maximum absolute atomic E-state index is 13.5. The van der Waals surface area contributed by atoms with Crippen LogP contribution in [-0.2, 0) is 17.4 Å². The summed E-state index contributed by atoms with van der Waals surface area (Å²) >= 11 is 0. The molecule has 0 aromatic heterocycles. The normalized spacial score (nSPS) is 22.9. The summed E-state index contributed by atoms with van der Waals surface area (Å²) < 4.78 is 45.6. The van der Waals surface area contributed by atoms with Crippen LogP contribution in [0.5, 0.6) is 5.75 Å². The van der Waals surface area contributed by atoms with Crippen LogP contribution in [0.25, 0.3) is 0 Å². The highest BCUT2D eigenvalue weighted by molar-refractivity contribution is 5.82. The Morgan fingerprint density at radius 2 is 1.77 bits per heavy atom. The largest absolute Gasteiger partial charge is 0.497 e. The molecule has 3 aliphatic rings. The van der Waals surface area contributed by atoms with Crippen molar-refractivity contribution in [3.8, 4) is 5.75 Å². The Kier molecular flexibility index (Phi) is 6.55. The van der Waals surface area contributed by atoms with Crippen molar-refractivity contribution >= 4 is 17.3 Å². The van der Waals surface area contributed by atoms with Crippen LogP contribution in [0.2, 0.25) is 0 Å². The third-order valence-corrected chi connectivity index (χ3v) is 7.77. The number of nitrogens with zero attached hydrogens (tertiary/aromatic N) is 2. The fraction of sp³-hybridized carbons (Fsp3) is 0.519. The molecule has 2 unspecified atom stereocenters. The number of carbonyl (C=O) groups excluding carboxylic acids is 1. The van der Waals surface area contributed by atoms with E-state index < -0.39 is 17.7 Å². The molecule has 0 bridgehead atoms. The smallest absolute Gasteiger partial charge is 0.416 e. The molecule has 5 rings (SSSR count). The molecule has 1 aliphatic carbocycles. The van der Waals surface area contributed by atoms with E-state index >= 15 is 0 Å². The number of rotatable bonds is 4. The molecule has 5 nitrogen and oxygen atoms in total. The number of hydrogen-bond donors (Lipinski definition) is 1. The molecule has 1 saturated carbocycles. The van der Waals surface area contributed by atoms with Crippen LogP contribution in [0.4, 0.5) is 24.5 Å². The highest BCUT2D eigenvalue weighted by Gasteiger charge is 2.43. The summed E-state index contributed by atoms with van der Waals surface area (Å²) in [7, 11) is 1.63. The topological polar surface area (TPSA) is 44.8 Å². The summed E-state index contributed by atoms with van der Waals surface area (Å²) in [6.07, 6.45) is 1.26. The molecule has 1 saturated heterocycles. The quantitative estimate of drug-likeness (QED) is 0.657. The van der Waals surface area contributed by atoms with Gasteiger partial charge in [-0.2, -0.15) is 13.2 Å². The van der Waals surface area contributed by atoms with E-state index in [9.17, 15) is 18.0 Å². The minimum absolute atomic E-state index is 0.0356. The number of anilines is 2. The minimum atomic E-state index is -4.40. The fourth-order valence-corrected chi connectivity index (χ4v) is 5.88. The van der Waals surface area contributed by atoms with Crippen LogP contribution in [0.1, 0.15) is 43.2 Å². The van der Waals surface area contributed by atoms with Crippen molar-refractivity contribution in [2.24, 2.45) is 5.92 Å². The average molecular weight is 488 g/mol. The SMILES string of the molecule is COc1ccc(N2CCN3c4ccc(C(F)(F)F)cc4CC(C(=O)NC4CCCCC4)C3C2)cc1. The molecule has 2 fully saturated rings. The molecular weight excluding hydrogens is 455 g/mol. The maximum Gasteiger partial charge on any atom is 0.416 e. The molecule has 1 N–H and O–H groups in total. The first-order chi connectivity index (χ1) is 16.8. The van der Waals surface area contributed by atoms with Crippen LogP contribution in [-0.4, -0.2) is 44.7 Å². The van der Waals surface area contributed by atoms with Gasteiger partial charge in [0.1, 0.15) is 5.75 Å². The number of piperazine rings is 1. The van der Waals surface area contributed by atoms with E-state index in [0.717, 1.165) is 55.4 Å². The number of fused-ring (bicyclic) bond motifs is 3. The Labute approximate surface area is 204 Å². The first kappa shape index (κ1) is 23.8. The van der Waals surface area contributed by atoms with Gasteiger partial charge in [0.2, 0.25) is 5.91 Å². The van der Waals surface area contributed by atoms with Crippen LogP contribution in [0.3, 0.4) is 0 Å². The van der Waals surface area contributed by atoms with Gasteiger partial charge in [-0.05, 0) is 67.3 Å². The average Bonchev–Trinajstić information content (AvgIpc) is 2.87. The molecule has 2 aromatic carbocycles. The summed E-state index contributed by atoms with van der Waals surface area (Å²) in [6.45, 7) is 2.00. The number of methoxy groups -OCH3 is 1. The highest BCUT2D eigenvalue weighted by Crippen LogP contribution is 2.40. The van der Waals surface area contributed by atoms with Crippen molar-refractivity contribution in [1.29, 1.82) is 0 Å². The highest BCUT2D eigenvalue weighted by atomic mass is 19.4. The number of alkyl halides is 3. The van der Waals surface area contributed by atoms with E-state index in [1.54, 1.807) is 13.2 Å². The molecule has 188 valence electrons. The van der Waals surface area contributed by atoms with E-state index in [1.165, 1.54) is 12.5 Å². The van der Waals surface area contributed by atoms with Gasteiger partial charge in [0, 0.05) is 37.1 Å². The second-order valence-corrected chi connectivity index (χ2v) is 9.90. The number of nitrogens with one attached hydrogen (secondary N) is 1. The number of benzene rings is 2. The van der Waals surface area contributed by atoms with Crippen LogP contribution >= 0.6 is 0 Å². The lowest BCUT2D eigenvalue weighted by molar-refractivity contribution is -0.137. The van der Waals surface area contributed by atoms with Gasteiger partial charge >= 0.3 is 6.18 Å². The molecule has 2 aromatic rings. The Bertz CT molecular complexity index is 1050. The summed E-state index contributed by atoms with van der Waals surface area (Å²) in [5.41, 5.74) is 1.82. The van der Waals surface area contributed by atoms with Crippen molar-refractivity contribution < 1.29 is 22.7 Å². The van der Waals surface area contributed by atoms with Gasteiger partial charge in [0.05, 0.1) is 24.6 Å². The van der Waals surface area contributed by atoms with Crippen LogP contribution in [0, 0.1) is 5.92 Å². The van der Waals surface area contributed by atoms with Crippen molar-refractivity contribution in [2.45, 2.75) is 56.8 Å². The van der Waals surface area contributed by atoms with Crippen LogP contribution < -0.4 is 19.9 Å². The molecule has 2 atom stereocenters. The molecule has 35 heavy (non-hydrogen) atoms. The van der Waals surface area contributed by atoms with Gasteiger partial charge < -0.3 is 19.9 Å². The zero-order valence-corrected chi connectivity index (χ0v) is 20.0. The zero-order valence-electron chi connectivity index (χ0n) is 20.0. The lowest BCUT2D eigenvalue weighted by Crippen LogP contribution is -2.61. The van der Waals surface area contributed by atoms with E-state index in [4.69, 9.17) is 4.74 Å². The summed E-state index contributed by atoms with van der Waals surface area (Å²) in [5.74, 6) is 0.338. The standard InChI is InChI=1S/C27H32F3N3O2/c1-35-22-10-8-21(9-11-22)32-13-14-33-24-12-7-19(27(28,29)30)15-18(24)16-23(25(33)17-32)26(34)31-20-5-3-2-4-6-20/h7-12,15,20,23,25H,2-6,13-14,16-17H2,1H3,(H,31,34). The Morgan fingerprint density at radius 1 is 1.03 bits per heavy atom. The predicted octanol–water partition coefficient (Wildman–Crippen LogP) is 5.03. The van der Waals surface area contributed by atoms with Gasteiger partial charge in [0.15, 0.2) is 0 Å². The van der Waals surface area contributed by atoms with Gasteiger partial charge in [-0.25, -0.2) is 0 Å². The lowest BCUT2D eigenvalue weighted by Gasteiger charge is -2.50. The Morgan fingerprint density at radius 3 is 2.46 bits per heavy atom. The van der Waals surface area contributed by atoms with E-state index in [-0.39, 0.29) is 18.0 Å². The first-order valence-corrected chi connectivity index (χ1v) is 12.5. The van der Waals surface area contributed by atoms with Crippen molar-refractivity contribution in [1.82, 2.24) is 5.32 Å². The lowest BCUT2D eigenvalue weighted by atomic mass is 9.82. The molecule has 0 spiro atoms. The number of carbonyl (C=O) groups is 1. The minimum Gasteiger partial charge on any atom is -0.497 e. The first-order valence-electron chi connectivity index (χ1n) is 12.5. The molecule has 2 heterocycles. The molecule has 0 radical (unpaired) electrons. The molecule has 8 heteroatoms. The second-order valence-electron chi connectivity index (χ2n) is 9.90. The molecule has 2 aliphatic heterocycles. The molecule has 1 amide bonds. The van der Waals surface area contributed by atoms with E-state index in [1.807, 2.05) is 24.3 Å². The van der Waals surface area contributed by atoms with Gasteiger partial charge in [0.25, 0.3) is 0 Å². The number of ether oxygens (including phenoxy) is 1. The maximum atomic E-state index is 13.5. The van der Waals surface area contributed by atoms with Crippen molar-refractivity contribution in [3.63, 3.8) is 0 Å². The number of amides is 1. The van der Waals surface area contributed by atoms with Gasteiger partial charge in [-0.15, -0.1) is 0 Å². The van der Waals surface area contributed by atoms with E-state index in [2.05, 4.69) is 15.1 Å². The predicted molar refractivity (Wildman–Crippen MR) is 130 cm³/mol. The second kappa shape index (κ2) is 9.63. The fourth-order valence-electron chi connectivity index (χ4n) is 5.88. The van der Waals surface area contributed by atoms with Crippen molar-refractivity contribution in [3.05, 3.63) is 53.6 Å². The summed E-state index contributed by atoms with van der Waals surface area (Å²) in [5, 5.41) is 3.24. The third-order valence-electron chi connectivity index (χ3n) is 7.77. The van der Waals surface area contributed by atoms with Crippen molar-refractivity contribution in [2.75, 3.05) is 36.5 Å². The monoisotopic (exact) mass is 487 g/mol. The Hall–Kier alpha value is -2.90. The summed E-state index contributed by atoms with van der Waals surface area (Å²) in [6, 6.07) is 11.9. The number of hydrogen-bond acceptors (Lipinski definition) is 4. The Balaban J connectivity index is 1.44. The van der Waals surface area contributed by atoms with Crippen LogP contribution in [0.15, 0.2) is 42.5 Å². The third kappa shape index (κ3) is 4.93. The summed E-state index contributed by atoms with van der Waals surface area (Å²) in [4.78, 5) is 18.0. The van der Waals surface area contributed by atoms with Gasteiger partial charge in [-0.1, -0.05) is 19.3 Å². The molecular formula is C27H32F3N3O2. The number of halogens is 3. The van der Waals surface area contributed by atoms with E-state index in [0.29, 0.717) is 25.1 Å². The zero-order chi connectivity index (χ0) is 24.6. The van der Waals surface area contributed by atoms with Gasteiger partial charge in [-0.3, -0.25) is 4.79 Å².